The lowest BCUT2D eigenvalue weighted by Gasteiger charge is -2.47. The second-order valence-electron chi connectivity index (χ2n) is 28.9. The normalized spacial score (nSPS) is 20.3. The van der Waals surface area contributed by atoms with E-state index in [9.17, 15) is 0 Å². The lowest BCUT2D eigenvalue weighted by molar-refractivity contribution is 0.332. The van der Waals surface area contributed by atoms with Crippen LogP contribution in [0.15, 0.2) is 97.1 Å². The highest BCUT2D eigenvalue weighted by atomic mass is 15.2. The molecule has 3 heteroatoms. The van der Waals surface area contributed by atoms with Crippen LogP contribution >= 0.6 is 0 Å². The van der Waals surface area contributed by atoms with Crippen molar-refractivity contribution < 1.29 is 0 Å². The molecule has 70 heavy (non-hydrogen) atoms. The summed E-state index contributed by atoms with van der Waals surface area (Å²) in [6, 6.07) is 39.9. The molecular formula is C67H81BN2. The molecule has 0 N–H and O–H groups in total. The number of aryl methyl sites for hydroxylation is 1. The molecular weight excluding hydrogens is 844 g/mol. The van der Waals surface area contributed by atoms with Crippen LogP contribution in [0.25, 0.3) is 11.1 Å². The number of benzene rings is 6. The Hall–Kier alpha value is -5.02. The highest BCUT2D eigenvalue weighted by Gasteiger charge is 2.51. The minimum atomic E-state index is -0.123. The number of rotatable bonds is 3. The smallest absolute Gasteiger partial charge is 0.252 e. The molecule has 0 atom stereocenters. The summed E-state index contributed by atoms with van der Waals surface area (Å²) in [5.74, 6) is 0. The molecule has 0 unspecified atom stereocenters. The van der Waals surface area contributed by atoms with Gasteiger partial charge in [0.25, 0.3) is 6.71 Å². The number of nitrogens with zero attached hydrogens (tertiary/aromatic N) is 2. The molecule has 2 nitrogen and oxygen atoms in total. The topological polar surface area (TPSA) is 6.48 Å². The molecule has 11 rings (SSSR count). The molecule has 2 aliphatic heterocycles. The van der Waals surface area contributed by atoms with Crippen molar-refractivity contribution in [3.63, 3.8) is 0 Å². The summed E-state index contributed by atoms with van der Waals surface area (Å²) in [4.78, 5) is 5.52. The van der Waals surface area contributed by atoms with Gasteiger partial charge in [-0.3, -0.25) is 0 Å². The zero-order chi connectivity index (χ0) is 50.4. The Morgan fingerprint density at radius 1 is 0.400 bits per heavy atom. The third-order valence-corrected chi connectivity index (χ3v) is 18.5. The van der Waals surface area contributed by atoms with Gasteiger partial charge < -0.3 is 9.80 Å². The Morgan fingerprint density at radius 3 is 1.29 bits per heavy atom. The van der Waals surface area contributed by atoms with Crippen molar-refractivity contribution in [2.75, 3.05) is 9.80 Å². The van der Waals surface area contributed by atoms with Crippen LogP contribution in [0.4, 0.5) is 34.1 Å². The van der Waals surface area contributed by atoms with Gasteiger partial charge in [-0.2, -0.15) is 0 Å². The third-order valence-electron chi connectivity index (χ3n) is 18.5. The average molecular weight is 925 g/mol. The van der Waals surface area contributed by atoms with Crippen molar-refractivity contribution in [2.24, 2.45) is 0 Å². The van der Waals surface area contributed by atoms with Crippen LogP contribution in [0.5, 0.6) is 0 Å². The van der Waals surface area contributed by atoms with Crippen molar-refractivity contribution in [1.29, 1.82) is 0 Å². The monoisotopic (exact) mass is 925 g/mol. The van der Waals surface area contributed by atoms with Gasteiger partial charge in [-0.25, -0.2) is 0 Å². The summed E-state index contributed by atoms with van der Waals surface area (Å²) in [7, 11) is 0. The molecule has 0 saturated heterocycles. The summed E-state index contributed by atoms with van der Waals surface area (Å²) in [5, 5.41) is 0. The fourth-order valence-electron chi connectivity index (χ4n) is 14.9. The van der Waals surface area contributed by atoms with Crippen molar-refractivity contribution in [2.45, 2.75) is 201 Å². The second kappa shape index (κ2) is 14.6. The number of hydrogen-bond donors (Lipinski definition) is 0. The fourth-order valence-corrected chi connectivity index (χ4v) is 14.9. The second-order valence-corrected chi connectivity index (χ2v) is 28.9. The average Bonchev–Trinajstić information content (AvgIpc) is 3.56. The Bertz CT molecular complexity index is 3190. The lowest BCUT2D eigenvalue weighted by atomic mass is 9.33. The van der Waals surface area contributed by atoms with E-state index >= 15 is 0 Å². The minimum Gasteiger partial charge on any atom is -0.311 e. The van der Waals surface area contributed by atoms with E-state index in [1.807, 2.05) is 0 Å². The van der Waals surface area contributed by atoms with E-state index in [-0.39, 0.29) is 50.0 Å². The number of anilines is 6. The first-order valence-corrected chi connectivity index (χ1v) is 26.8. The maximum Gasteiger partial charge on any atom is 0.252 e. The first kappa shape index (κ1) is 47.3. The van der Waals surface area contributed by atoms with Gasteiger partial charge >= 0.3 is 0 Å². The molecule has 0 bridgehead atoms. The zero-order valence-electron chi connectivity index (χ0n) is 46.5. The van der Waals surface area contributed by atoms with Crippen molar-refractivity contribution >= 4 is 57.2 Å². The van der Waals surface area contributed by atoms with Gasteiger partial charge in [-0.05, 0) is 190 Å². The molecule has 3 aliphatic carbocycles. The first-order chi connectivity index (χ1) is 32.3. The first-order valence-electron chi connectivity index (χ1n) is 26.8. The van der Waals surface area contributed by atoms with Gasteiger partial charge in [0.1, 0.15) is 0 Å². The maximum atomic E-state index is 2.78. The van der Waals surface area contributed by atoms with Gasteiger partial charge in [0.05, 0.1) is 5.69 Å². The van der Waals surface area contributed by atoms with E-state index in [0.717, 1.165) is 12.8 Å². The zero-order valence-corrected chi connectivity index (χ0v) is 46.5. The molecule has 5 aliphatic rings. The molecule has 362 valence electrons. The van der Waals surface area contributed by atoms with Crippen molar-refractivity contribution in [1.82, 2.24) is 0 Å². The van der Waals surface area contributed by atoms with Gasteiger partial charge in [-0.15, -0.1) is 0 Å². The van der Waals surface area contributed by atoms with Crippen LogP contribution in [-0.4, -0.2) is 6.71 Å². The van der Waals surface area contributed by atoms with Crippen molar-refractivity contribution in [3.8, 4) is 11.1 Å². The standard InChI is InChI=1S/C67H81BN2/c1-40-29-45-48(63(10,11)28-27-62(45,8)9)35-54(40)70-56-37-50-47(65(14,15)39-67(50,18)19)34-52(56)68-51-33-46-49(66(16,17)38-64(46,12)13)36-55(51)69(57-31-43(61(5,6)7)32-58(70)59(57)68)53-26-25-42(60(2,3)4)30-44(53)41-23-21-20-22-24-41/h20-26,29-37H,27-28,38-39H2,1-19H3. The largest absolute Gasteiger partial charge is 0.311 e. The molecule has 6 aromatic carbocycles. The Labute approximate surface area is 423 Å². The van der Waals surface area contributed by atoms with Crippen LogP contribution in [0.2, 0.25) is 0 Å². The predicted octanol–water partition coefficient (Wildman–Crippen LogP) is 16.6. The highest BCUT2D eigenvalue weighted by Crippen LogP contribution is 2.57. The SMILES string of the molecule is Cc1cc2c(cc1N1c3cc4c(cc3B3c5cc6c(cc5N(c5ccc(C(C)(C)C)cc5-c5ccccc5)c5cc(C(C)(C)C)cc1c53)C(C)(C)CC6(C)C)C(C)(C)CC4(C)C)C(C)(C)CCC2(C)C. The van der Waals surface area contributed by atoms with Crippen LogP contribution in [0.3, 0.4) is 0 Å². The van der Waals surface area contributed by atoms with E-state index in [4.69, 9.17) is 0 Å². The molecule has 6 aromatic rings. The number of hydrogen-bond acceptors (Lipinski definition) is 2. The summed E-state index contributed by atoms with van der Waals surface area (Å²) in [6.45, 7) is 46.6. The van der Waals surface area contributed by atoms with Gasteiger partial charge in [-0.1, -0.05) is 179 Å². The van der Waals surface area contributed by atoms with Crippen molar-refractivity contribution in [3.05, 3.63) is 147 Å². The van der Waals surface area contributed by atoms with E-state index in [2.05, 4.69) is 238 Å². The number of fused-ring (bicyclic) bond motifs is 7. The molecule has 0 aromatic heterocycles. The predicted molar refractivity (Wildman–Crippen MR) is 305 cm³/mol. The third kappa shape index (κ3) is 6.92. The Kier molecular flexibility index (Phi) is 9.85. The van der Waals surface area contributed by atoms with E-state index in [1.54, 1.807) is 0 Å². The molecule has 0 spiro atoms. The van der Waals surface area contributed by atoms with Crippen LogP contribution in [0, 0.1) is 6.92 Å². The quantitative estimate of drug-likeness (QED) is 0.163. The lowest BCUT2D eigenvalue weighted by Crippen LogP contribution is -2.62. The Balaban J connectivity index is 1.33. The molecule has 0 radical (unpaired) electrons. The van der Waals surface area contributed by atoms with E-state index < -0.39 is 0 Å². The molecule has 0 saturated carbocycles. The summed E-state index contributed by atoms with van der Waals surface area (Å²) < 4.78 is 0. The Morgan fingerprint density at radius 2 is 0.814 bits per heavy atom. The van der Waals surface area contributed by atoms with Crippen LogP contribution < -0.4 is 26.2 Å². The van der Waals surface area contributed by atoms with E-state index in [0.29, 0.717) is 0 Å². The van der Waals surface area contributed by atoms with Gasteiger partial charge in [0.15, 0.2) is 0 Å². The molecule has 0 amide bonds. The highest BCUT2D eigenvalue weighted by molar-refractivity contribution is 7.00. The molecule has 2 heterocycles. The van der Waals surface area contributed by atoms with Crippen LogP contribution in [-0.2, 0) is 43.3 Å². The van der Waals surface area contributed by atoms with E-state index in [1.165, 1.54) is 125 Å². The van der Waals surface area contributed by atoms with Gasteiger partial charge in [0.2, 0.25) is 0 Å². The summed E-state index contributed by atoms with van der Waals surface area (Å²) >= 11 is 0. The molecule has 0 fully saturated rings. The maximum absolute atomic E-state index is 2.78. The van der Waals surface area contributed by atoms with Gasteiger partial charge in [0, 0.05) is 34.0 Å². The van der Waals surface area contributed by atoms with Crippen LogP contribution in [0.1, 0.15) is 200 Å². The fraction of sp³-hybridized carbons (Fsp3) is 0.463. The minimum absolute atomic E-state index is 0.0158. The summed E-state index contributed by atoms with van der Waals surface area (Å²) in [5.41, 5.74) is 28.0. The summed E-state index contributed by atoms with van der Waals surface area (Å²) in [6.07, 6.45) is 4.63.